The molecule has 20 heavy (non-hydrogen) atoms. The van der Waals surface area contributed by atoms with Crippen molar-refractivity contribution in [3.8, 4) is 0 Å². The molecule has 0 bridgehead atoms. The number of nitrogens with zero attached hydrogens (tertiary/aromatic N) is 1. The summed E-state index contributed by atoms with van der Waals surface area (Å²) in [6, 6.07) is 3.93. The van der Waals surface area contributed by atoms with E-state index in [2.05, 4.69) is 4.98 Å². The number of hydrogen-bond acceptors (Lipinski definition) is 4. The van der Waals surface area contributed by atoms with Crippen LogP contribution in [0.1, 0.15) is 39.0 Å². The minimum Gasteiger partial charge on any atom is -0.400 e. The second-order valence-electron chi connectivity index (χ2n) is 6.01. The van der Waals surface area contributed by atoms with Crippen LogP contribution in [0.15, 0.2) is 24.3 Å². The number of rotatable bonds is 4. The topological polar surface area (TPSA) is 40.6 Å². The number of ether oxygens (including phenoxy) is 1. The third-order valence-electron chi connectivity index (χ3n) is 3.85. The van der Waals surface area contributed by atoms with Gasteiger partial charge in [0.1, 0.15) is 0 Å². The van der Waals surface area contributed by atoms with Crippen molar-refractivity contribution >= 4 is 13.2 Å². The molecule has 1 aromatic heterocycles. The highest BCUT2D eigenvalue weighted by Crippen LogP contribution is 2.36. The summed E-state index contributed by atoms with van der Waals surface area (Å²) < 4.78 is 16.9. The fourth-order valence-electron chi connectivity index (χ4n) is 1.99. The summed E-state index contributed by atoms with van der Waals surface area (Å²) in [5.41, 5.74) is 1.34. The molecule has 1 aliphatic heterocycles. The van der Waals surface area contributed by atoms with Crippen LogP contribution in [0.2, 0.25) is 0 Å². The smallest absolute Gasteiger partial charge is 0.400 e. The van der Waals surface area contributed by atoms with E-state index in [1.807, 2.05) is 51.9 Å². The summed E-state index contributed by atoms with van der Waals surface area (Å²) >= 11 is 0. The predicted molar refractivity (Wildman–Crippen MR) is 80.1 cm³/mol. The quantitative estimate of drug-likeness (QED) is 0.792. The molecule has 5 heteroatoms. The second kappa shape index (κ2) is 5.68. The number of hydrogen-bond donors (Lipinski definition) is 0. The molecular formula is C15H22BNO3. The van der Waals surface area contributed by atoms with E-state index in [-0.39, 0.29) is 18.3 Å². The minimum absolute atomic E-state index is 0.312. The second-order valence-corrected chi connectivity index (χ2v) is 6.01. The molecule has 0 atom stereocenters. The lowest BCUT2D eigenvalue weighted by atomic mass is 9.89. The Labute approximate surface area is 121 Å². The van der Waals surface area contributed by atoms with Crippen LogP contribution in [0.3, 0.4) is 0 Å². The van der Waals surface area contributed by atoms with E-state index in [0.29, 0.717) is 6.61 Å². The Balaban J connectivity index is 2.06. The van der Waals surface area contributed by atoms with Gasteiger partial charge in [-0.2, -0.15) is 0 Å². The number of aromatic nitrogens is 1. The van der Waals surface area contributed by atoms with Crippen molar-refractivity contribution in [2.45, 2.75) is 45.5 Å². The van der Waals surface area contributed by atoms with Gasteiger partial charge in [0.25, 0.3) is 0 Å². The Morgan fingerprint density at radius 1 is 1.25 bits per heavy atom. The summed E-state index contributed by atoms with van der Waals surface area (Å²) in [7, 11) is 1.34. The van der Waals surface area contributed by atoms with Gasteiger partial charge in [0.05, 0.1) is 23.5 Å². The molecule has 0 saturated carbocycles. The van der Waals surface area contributed by atoms with E-state index in [4.69, 9.17) is 14.0 Å². The van der Waals surface area contributed by atoms with Gasteiger partial charge in [0, 0.05) is 13.3 Å². The van der Waals surface area contributed by atoms with E-state index in [1.54, 1.807) is 13.3 Å². The summed E-state index contributed by atoms with van der Waals surface area (Å²) in [5, 5.41) is 0. The van der Waals surface area contributed by atoms with Crippen LogP contribution in [0.25, 0.3) is 6.08 Å². The molecule has 1 aliphatic rings. The maximum atomic E-state index is 5.90. The van der Waals surface area contributed by atoms with Crippen molar-refractivity contribution in [3.05, 3.63) is 35.6 Å². The average Bonchev–Trinajstić information content (AvgIpc) is 2.56. The van der Waals surface area contributed by atoms with Crippen molar-refractivity contribution in [3.63, 3.8) is 0 Å². The molecule has 2 heterocycles. The van der Waals surface area contributed by atoms with Gasteiger partial charge in [-0.05, 0) is 51.5 Å². The Hall–Kier alpha value is -1.17. The molecule has 0 aliphatic carbocycles. The van der Waals surface area contributed by atoms with Crippen LogP contribution in [-0.2, 0) is 20.7 Å². The standard InChI is InChI=1S/C15H22BNO3/c1-14(2)15(3,4)20-16(19-14)8-6-13-10-12(11-18-5)7-9-17-13/h6-10H,11H2,1-5H3/b8-6+. The average molecular weight is 275 g/mol. The maximum Gasteiger partial charge on any atom is 0.487 e. The Morgan fingerprint density at radius 3 is 2.50 bits per heavy atom. The molecule has 1 aromatic rings. The third-order valence-corrected chi connectivity index (χ3v) is 3.85. The highest BCUT2D eigenvalue weighted by atomic mass is 16.7. The van der Waals surface area contributed by atoms with Gasteiger partial charge in [-0.1, -0.05) is 5.98 Å². The van der Waals surface area contributed by atoms with Gasteiger partial charge in [0.15, 0.2) is 0 Å². The molecule has 0 N–H and O–H groups in total. The van der Waals surface area contributed by atoms with Crippen LogP contribution in [-0.4, -0.2) is 30.4 Å². The zero-order valence-corrected chi connectivity index (χ0v) is 12.8. The van der Waals surface area contributed by atoms with Crippen LogP contribution < -0.4 is 0 Å². The molecule has 108 valence electrons. The molecule has 0 spiro atoms. The highest BCUT2D eigenvalue weighted by Gasteiger charge is 2.49. The monoisotopic (exact) mass is 275 g/mol. The first-order chi connectivity index (χ1) is 9.34. The zero-order chi connectivity index (χ0) is 14.8. The molecule has 2 rings (SSSR count). The van der Waals surface area contributed by atoms with E-state index < -0.39 is 0 Å². The fraction of sp³-hybridized carbons (Fsp3) is 0.533. The normalized spacial score (nSPS) is 20.8. The van der Waals surface area contributed by atoms with Crippen LogP contribution in [0.5, 0.6) is 0 Å². The van der Waals surface area contributed by atoms with Gasteiger partial charge in [0.2, 0.25) is 0 Å². The molecule has 0 unspecified atom stereocenters. The maximum absolute atomic E-state index is 5.90. The fourth-order valence-corrected chi connectivity index (χ4v) is 1.99. The first-order valence-electron chi connectivity index (χ1n) is 6.82. The molecule has 0 aromatic carbocycles. The highest BCUT2D eigenvalue weighted by molar-refractivity contribution is 6.52. The SMILES string of the molecule is COCc1ccnc(/C=C/B2OC(C)(C)C(C)(C)O2)c1. The van der Waals surface area contributed by atoms with Crippen molar-refractivity contribution in [2.24, 2.45) is 0 Å². The molecule has 4 nitrogen and oxygen atoms in total. The Morgan fingerprint density at radius 2 is 1.90 bits per heavy atom. The zero-order valence-electron chi connectivity index (χ0n) is 12.8. The van der Waals surface area contributed by atoms with Gasteiger partial charge in [-0.25, -0.2) is 0 Å². The Kier molecular flexibility index (Phi) is 4.32. The molecule has 1 fully saturated rings. The minimum atomic E-state index is -0.340. The van der Waals surface area contributed by atoms with Gasteiger partial charge >= 0.3 is 7.12 Å². The number of pyridine rings is 1. The first kappa shape index (κ1) is 15.2. The van der Waals surface area contributed by atoms with Crippen LogP contribution in [0, 0.1) is 0 Å². The van der Waals surface area contributed by atoms with E-state index >= 15 is 0 Å². The molecule has 1 saturated heterocycles. The van der Waals surface area contributed by atoms with Gasteiger partial charge in [-0.3, -0.25) is 4.98 Å². The summed E-state index contributed by atoms with van der Waals surface area (Å²) in [6.45, 7) is 8.74. The van der Waals surface area contributed by atoms with Gasteiger partial charge in [-0.15, -0.1) is 0 Å². The van der Waals surface area contributed by atoms with Crippen LogP contribution in [0.4, 0.5) is 0 Å². The Bertz CT molecular complexity index is 484. The lowest BCUT2D eigenvalue weighted by molar-refractivity contribution is 0.00578. The lowest BCUT2D eigenvalue weighted by Crippen LogP contribution is -2.41. The largest absolute Gasteiger partial charge is 0.487 e. The van der Waals surface area contributed by atoms with Crippen LogP contribution >= 0.6 is 0 Å². The summed E-state index contributed by atoms with van der Waals surface area (Å²) in [4.78, 5) is 4.30. The van der Waals surface area contributed by atoms with Crippen molar-refractivity contribution < 1.29 is 14.0 Å². The van der Waals surface area contributed by atoms with Crippen molar-refractivity contribution in [1.82, 2.24) is 4.98 Å². The van der Waals surface area contributed by atoms with Gasteiger partial charge < -0.3 is 14.0 Å². The summed E-state index contributed by atoms with van der Waals surface area (Å²) in [5.74, 6) is 1.90. The number of methoxy groups -OCH3 is 1. The molecular weight excluding hydrogens is 253 g/mol. The van der Waals surface area contributed by atoms with E-state index in [9.17, 15) is 0 Å². The van der Waals surface area contributed by atoms with E-state index in [1.165, 1.54) is 0 Å². The predicted octanol–water partition coefficient (Wildman–Crippen LogP) is 2.87. The van der Waals surface area contributed by atoms with Crippen molar-refractivity contribution in [1.29, 1.82) is 0 Å². The van der Waals surface area contributed by atoms with E-state index in [0.717, 1.165) is 11.3 Å². The third kappa shape index (κ3) is 3.29. The molecule has 0 radical (unpaired) electrons. The molecule has 0 amide bonds. The summed E-state index contributed by atoms with van der Waals surface area (Å²) in [6.07, 6.45) is 3.69. The first-order valence-corrected chi connectivity index (χ1v) is 6.82. The lowest BCUT2D eigenvalue weighted by Gasteiger charge is -2.32. The van der Waals surface area contributed by atoms with Crippen molar-refractivity contribution in [2.75, 3.05) is 7.11 Å².